The number of hydrogen-bond donors (Lipinski definition) is 0. The third kappa shape index (κ3) is 3.38. The molecule has 5 rings (SSSR count). The van der Waals surface area contributed by atoms with E-state index in [9.17, 15) is 18.4 Å². The SMILES string of the molecule is O=C1c2[c]c(=O)ccn2N(C(c2cccc(F)c2)c2cccc(F)c2)[C@@H]2COCCN12. The standard InChI is InChI=1S/C23H18F2N3O3/c24-17-5-1-3-15(11-17)22(16-4-2-6-18(25)12-16)28-21-14-31-10-9-26(21)23(30)20-13-19(29)7-8-27(20)28/h1-8,11-12,21-22H,9-10,14H2/t21-/m1/s1. The van der Waals surface area contributed by atoms with Crippen LogP contribution in [0, 0.1) is 17.7 Å². The molecule has 31 heavy (non-hydrogen) atoms. The first-order valence-electron chi connectivity index (χ1n) is 9.86. The van der Waals surface area contributed by atoms with E-state index >= 15 is 0 Å². The van der Waals surface area contributed by atoms with Crippen molar-refractivity contribution in [3.8, 4) is 0 Å². The molecule has 1 atom stereocenters. The van der Waals surface area contributed by atoms with Gasteiger partial charge >= 0.3 is 0 Å². The molecule has 2 aliphatic heterocycles. The predicted octanol–water partition coefficient (Wildman–Crippen LogP) is 2.47. The van der Waals surface area contributed by atoms with E-state index in [1.807, 2.05) is 5.01 Å². The molecule has 0 aliphatic carbocycles. The molecule has 6 nitrogen and oxygen atoms in total. The van der Waals surface area contributed by atoms with Crippen LogP contribution in [0.4, 0.5) is 8.78 Å². The Bertz CT molecular complexity index is 1170. The van der Waals surface area contributed by atoms with Gasteiger partial charge in [0.15, 0.2) is 5.43 Å². The van der Waals surface area contributed by atoms with Gasteiger partial charge < -0.3 is 9.64 Å². The highest BCUT2D eigenvalue weighted by Gasteiger charge is 2.43. The third-order valence-electron chi connectivity index (χ3n) is 5.55. The van der Waals surface area contributed by atoms with Crippen LogP contribution in [0.5, 0.6) is 0 Å². The quantitative estimate of drug-likeness (QED) is 0.651. The van der Waals surface area contributed by atoms with E-state index in [0.717, 1.165) is 0 Å². The van der Waals surface area contributed by atoms with E-state index in [-0.39, 0.29) is 18.2 Å². The van der Waals surface area contributed by atoms with Crippen molar-refractivity contribution in [2.75, 3.05) is 24.8 Å². The average Bonchev–Trinajstić information content (AvgIpc) is 2.77. The number of ether oxygens (including phenoxy) is 1. The molecule has 0 spiro atoms. The second kappa shape index (κ2) is 7.63. The lowest BCUT2D eigenvalue weighted by Crippen LogP contribution is -2.66. The van der Waals surface area contributed by atoms with E-state index in [2.05, 4.69) is 6.07 Å². The highest BCUT2D eigenvalue weighted by molar-refractivity contribution is 5.93. The lowest BCUT2D eigenvalue weighted by atomic mass is 9.96. The average molecular weight is 422 g/mol. The van der Waals surface area contributed by atoms with Crippen LogP contribution < -0.4 is 10.4 Å². The van der Waals surface area contributed by atoms with Gasteiger partial charge in [0.1, 0.15) is 23.5 Å². The topological polar surface area (TPSA) is 54.8 Å². The molecule has 1 radical (unpaired) electrons. The Morgan fingerprint density at radius 3 is 2.32 bits per heavy atom. The molecule has 0 saturated carbocycles. The number of fused-ring (bicyclic) bond motifs is 2. The Hall–Kier alpha value is -3.52. The molecule has 0 unspecified atom stereocenters. The van der Waals surface area contributed by atoms with E-state index in [1.165, 1.54) is 36.5 Å². The van der Waals surface area contributed by atoms with Crippen molar-refractivity contribution in [2.45, 2.75) is 12.2 Å². The zero-order valence-electron chi connectivity index (χ0n) is 16.4. The molecule has 157 valence electrons. The molecular formula is C23H18F2N3O3. The number of pyridine rings is 1. The molecule has 3 heterocycles. The lowest BCUT2D eigenvalue weighted by Gasteiger charge is -2.51. The second-order valence-corrected chi connectivity index (χ2v) is 7.44. The van der Waals surface area contributed by atoms with E-state index in [1.54, 1.807) is 33.8 Å². The van der Waals surface area contributed by atoms with Crippen molar-refractivity contribution in [1.29, 1.82) is 0 Å². The second-order valence-electron chi connectivity index (χ2n) is 7.44. The molecule has 1 aromatic heterocycles. The van der Waals surface area contributed by atoms with Crippen LogP contribution in [0.15, 0.2) is 65.6 Å². The van der Waals surface area contributed by atoms with Crippen LogP contribution in [-0.2, 0) is 4.74 Å². The molecule has 1 saturated heterocycles. The van der Waals surface area contributed by atoms with Gasteiger partial charge in [0.25, 0.3) is 5.91 Å². The normalized spacial score (nSPS) is 18.2. The molecule has 2 aliphatic rings. The van der Waals surface area contributed by atoms with E-state index in [0.29, 0.717) is 24.3 Å². The monoisotopic (exact) mass is 422 g/mol. The van der Waals surface area contributed by atoms with Crippen molar-refractivity contribution in [2.24, 2.45) is 0 Å². The maximum absolute atomic E-state index is 14.2. The summed E-state index contributed by atoms with van der Waals surface area (Å²) in [7, 11) is 0. The minimum absolute atomic E-state index is 0.0726. The zero-order chi connectivity index (χ0) is 21.5. The number of rotatable bonds is 3. The molecular weight excluding hydrogens is 404 g/mol. The summed E-state index contributed by atoms with van der Waals surface area (Å²) in [6.45, 7) is 0.895. The van der Waals surface area contributed by atoms with Gasteiger partial charge in [-0.2, -0.15) is 0 Å². The number of benzene rings is 2. The first-order chi connectivity index (χ1) is 15.0. The minimum atomic E-state index is -0.664. The number of carbonyl (C=O) groups excluding carboxylic acids is 1. The van der Waals surface area contributed by atoms with Gasteiger partial charge in [-0.15, -0.1) is 0 Å². The number of nitrogens with zero attached hydrogens (tertiary/aromatic N) is 3. The van der Waals surface area contributed by atoms with Crippen molar-refractivity contribution in [3.63, 3.8) is 0 Å². The minimum Gasteiger partial charge on any atom is -0.375 e. The smallest absolute Gasteiger partial charge is 0.275 e. The van der Waals surface area contributed by atoms with Gasteiger partial charge in [0.2, 0.25) is 0 Å². The summed E-state index contributed by atoms with van der Waals surface area (Å²) in [6.07, 6.45) is 0.949. The van der Waals surface area contributed by atoms with Gasteiger partial charge in [-0.25, -0.2) is 8.78 Å². The Balaban J connectivity index is 1.77. The highest BCUT2D eigenvalue weighted by Crippen LogP contribution is 2.34. The van der Waals surface area contributed by atoms with Crippen LogP contribution >= 0.6 is 0 Å². The van der Waals surface area contributed by atoms with Crippen LogP contribution in [0.25, 0.3) is 0 Å². The number of morpholine rings is 1. The molecule has 0 bridgehead atoms. The summed E-state index contributed by atoms with van der Waals surface area (Å²) in [4.78, 5) is 26.7. The van der Waals surface area contributed by atoms with Gasteiger partial charge in [-0.3, -0.25) is 19.3 Å². The maximum Gasteiger partial charge on any atom is 0.275 e. The van der Waals surface area contributed by atoms with Gasteiger partial charge in [0.05, 0.1) is 25.3 Å². The van der Waals surface area contributed by atoms with E-state index in [4.69, 9.17) is 4.74 Å². The third-order valence-corrected chi connectivity index (χ3v) is 5.55. The van der Waals surface area contributed by atoms with Gasteiger partial charge in [-0.1, -0.05) is 24.3 Å². The van der Waals surface area contributed by atoms with Crippen molar-refractivity contribution >= 4 is 5.91 Å². The highest BCUT2D eigenvalue weighted by atomic mass is 19.1. The van der Waals surface area contributed by atoms with Gasteiger partial charge in [-0.05, 0) is 35.4 Å². The molecule has 0 N–H and O–H groups in total. The summed E-state index contributed by atoms with van der Waals surface area (Å²) in [5.74, 6) is -1.20. The molecule has 1 amide bonds. The number of aromatic nitrogens is 1. The van der Waals surface area contributed by atoms with Gasteiger partial charge in [0, 0.05) is 18.8 Å². The van der Waals surface area contributed by atoms with Crippen molar-refractivity contribution < 1.29 is 18.3 Å². The number of carbonyl (C=O) groups is 1. The Morgan fingerprint density at radius 1 is 1.00 bits per heavy atom. The molecule has 1 fully saturated rings. The maximum atomic E-state index is 14.2. The Kier molecular flexibility index (Phi) is 4.78. The summed E-state index contributed by atoms with van der Waals surface area (Å²) in [5.41, 5.74) is 0.785. The largest absolute Gasteiger partial charge is 0.375 e. The number of amides is 1. The fourth-order valence-corrected chi connectivity index (χ4v) is 4.25. The first kappa shape index (κ1) is 19.4. The van der Waals surface area contributed by atoms with Crippen LogP contribution in [-0.4, -0.2) is 41.4 Å². The first-order valence-corrected chi connectivity index (χ1v) is 9.86. The fourth-order valence-electron chi connectivity index (χ4n) is 4.25. The Labute approximate surface area is 176 Å². The van der Waals surface area contributed by atoms with Crippen molar-refractivity contribution in [1.82, 2.24) is 9.58 Å². The predicted molar refractivity (Wildman–Crippen MR) is 108 cm³/mol. The van der Waals surface area contributed by atoms with Crippen LogP contribution in [0.1, 0.15) is 27.7 Å². The summed E-state index contributed by atoms with van der Waals surface area (Å²) < 4.78 is 35.6. The summed E-state index contributed by atoms with van der Waals surface area (Å²) >= 11 is 0. The zero-order valence-corrected chi connectivity index (χ0v) is 16.4. The molecule has 3 aromatic rings. The summed E-state index contributed by atoms with van der Waals surface area (Å²) in [6, 6.07) is 15.3. The number of halogens is 2. The summed E-state index contributed by atoms with van der Waals surface area (Å²) in [5, 5.41) is 1.81. The fraction of sp³-hybridized carbons (Fsp3) is 0.217. The van der Waals surface area contributed by atoms with Crippen LogP contribution in [0.2, 0.25) is 0 Å². The molecule has 2 aromatic carbocycles. The Morgan fingerprint density at radius 2 is 1.68 bits per heavy atom. The van der Waals surface area contributed by atoms with Crippen LogP contribution in [0.3, 0.4) is 0 Å². The van der Waals surface area contributed by atoms with E-state index < -0.39 is 29.3 Å². The lowest BCUT2D eigenvalue weighted by molar-refractivity contribution is -0.0194. The van der Waals surface area contributed by atoms with Crippen molar-refractivity contribution in [3.05, 3.63) is 106 Å². The number of hydrogen-bond acceptors (Lipinski definition) is 4. The molecule has 8 heteroatoms.